The highest BCUT2D eigenvalue weighted by molar-refractivity contribution is 5.82. The van der Waals surface area contributed by atoms with Crippen molar-refractivity contribution >= 4 is 22.8 Å². The third kappa shape index (κ3) is 3.62. The number of aromatic amines is 1. The van der Waals surface area contributed by atoms with E-state index in [-0.39, 0.29) is 30.9 Å². The van der Waals surface area contributed by atoms with Crippen molar-refractivity contribution < 1.29 is 19.4 Å². The predicted octanol–water partition coefficient (Wildman–Crippen LogP) is 0.773. The van der Waals surface area contributed by atoms with Crippen molar-refractivity contribution in [3.05, 3.63) is 46.2 Å². The van der Waals surface area contributed by atoms with E-state index in [4.69, 9.17) is 9.84 Å². The Bertz CT molecular complexity index is 829. The molecule has 126 valence electrons. The third-order valence-electron chi connectivity index (χ3n) is 4.07. The van der Waals surface area contributed by atoms with E-state index in [2.05, 4.69) is 4.98 Å². The number of fused-ring (bicyclic) bond motifs is 1. The molecule has 1 atom stereocenters. The van der Waals surface area contributed by atoms with Crippen molar-refractivity contribution in [2.24, 2.45) is 0 Å². The number of pyridine rings is 1. The summed E-state index contributed by atoms with van der Waals surface area (Å²) in [5.74, 6) is -1.16. The van der Waals surface area contributed by atoms with Gasteiger partial charge in [-0.3, -0.25) is 14.4 Å². The van der Waals surface area contributed by atoms with E-state index in [1.54, 1.807) is 17.0 Å². The molecule has 2 heterocycles. The Balaban J connectivity index is 1.73. The molecule has 0 saturated carbocycles. The molecule has 1 aromatic carbocycles. The number of nitrogens with zero attached hydrogens (tertiary/aromatic N) is 1. The number of para-hydroxylation sites is 1. The standard InChI is InChI=1S/C17H18N2O5/c20-15(19-5-6-24-13(10-19)9-16(21)22)8-12-7-11-3-1-2-4-14(11)18-17(12)23/h1-4,7,13H,5-6,8-10H2,(H,18,23)(H,21,22). The molecule has 1 amide bonds. The van der Waals surface area contributed by atoms with Gasteiger partial charge in [-0.05, 0) is 17.5 Å². The first-order valence-corrected chi connectivity index (χ1v) is 7.75. The van der Waals surface area contributed by atoms with Crippen LogP contribution in [0.1, 0.15) is 12.0 Å². The first-order valence-electron chi connectivity index (χ1n) is 7.75. The lowest BCUT2D eigenvalue weighted by atomic mass is 10.1. The molecular weight excluding hydrogens is 312 g/mol. The number of H-pyrrole nitrogens is 1. The van der Waals surface area contributed by atoms with E-state index in [0.717, 1.165) is 10.9 Å². The zero-order valence-corrected chi connectivity index (χ0v) is 13.0. The molecule has 1 aromatic heterocycles. The summed E-state index contributed by atoms with van der Waals surface area (Å²) in [6.07, 6.45) is -0.657. The van der Waals surface area contributed by atoms with Crippen LogP contribution in [0.25, 0.3) is 10.9 Å². The summed E-state index contributed by atoms with van der Waals surface area (Å²) in [5.41, 5.74) is 0.851. The fourth-order valence-corrected chi connectivity index (χ4v) is 2.86. The second kappa shape index (κ2) is 6.84. The van der Waals surface area contributed by atoms with Gasteiger partial charge in [0, 0.05) is 24.2 Å². The first-order chi connectivity index (χ1) is 11.5. The van der Waals surface area contributed by atoms with Crippen LogP contribution in [0.3, 0.4) is 0 Å². The number of hydrogen-bond donors (Lipinski definition) is 2. The predicted molar refractivity (Wildman–Crippen MR) is 86.8 cm³/mol. The number of aromatic nitrogens is 1. The number of nitrogens with one attached hydrogen (secondary N) is 1. The molecule has 7 heteroatoms. The Hall–Kier alpha value is -2.67. The lowest BCUT2D eigenvalue weighted by Gasteiger charge is -2.32. The molecule has 0 bridgehead atoms. The Morgan fingerprint density at radius 2 is 2.12 bits per heavy atom. The highest BCUT2D eigenvalue weighted by Gasteiger charge is 2.26. The van der Waals surface area contributed by atoms with Crippen molar-refractivity contribution in [3.8, 4) is 0 Å². The zero-order chi connectivity index (χ0) is 17.1. The van der Waals surface area contributed by atoms with Gasteiger partial charge < -0.3 is 19.7 Å². The number of carboxylic acid groups (broad SMARTS) is 1. The van der Waals surface area contributed by atoms with Crippen molar-refractivity contribution in [2.45, 2.75) is 18.9 Å². The molecule has 7 nitrogen and oxygen atoms in total. The van der Waals surface area contributed by atoms with Gasteiger partial charge in [0.1, 0.15) is 0 Å². The normalized spacial score (nSPS) is 17.8. The fourth-order valence-electron chi connectivity index (χ4n) is 2.86. The Morgan fingerprint density at radius 3 is 2.92 bits per heavy atom. The minimum Gasteiger partial charge on any atom is -0.481 e. The minimum atomic E-state index is -0.958. The van der Waals surface area contributed by atoms with Gasteiger partial charge in [0.25, 0.3) is 5.56 Å². The summed E-state index contributed by atoms with van der Waals surface area (Å²) in [7, 11) is 0. The number of amides is 1. The van der Waals surface area contributed by atoms with E-state index in [9.17, 15) is 14.4 Å². The SMILES string of the molecule is O=C(O)CC1CN(C(=O)Cc2cc3ccccc3[nH]c2=O)CCO1. The summed E-state index contributed by atoms with van der Waals surface area (Å²) in [5, 5.41) is 9.70. The van der Waals surface area contributed by atoms with Crippen LogP contribution in [0.15, 0.2) is 35.1 Å². The molecule has 1 saturated heterocycles. The van der Waals surface area contributed by atoms with E-state index < -0.39 is 12.1 Å². The summed E-state index contributed by atoms with van der Waals surface area (Å²) in [4.78, 5) is 39.7. The van der Waals surface area contributed by atoms with E-state index in [1.165, 1.54) is 0 Å². The van der Waals surface area contributed by atoms with Crippen LogP contribution < -0.4 is 5.56 Å². The Morgan fingerprint density at radius 1 is 1.33 bits per heavy atom. The zero-order valence-electron chi connectivity index (χ0n) is 13.0. The van der Waals surface area contributed by atoms with Gasteiger partial charge in [-0.1, -0.05) is 18.2 Å². The minimum absolute atomic E-state index is 0.0139. The molecule has 24 heavy (non-hydrogen) atoms. The molecule has 1 aliphatic heterocycles. The number of carbonyl (C=O) groups is 2. The van der Waals surface area contributed by atoms with Crippen molar-refractivity contribution in [3.63, 3.8) is 0 Å². The molecular formula is C17H18N2O5. The number of hydrogen-bond acceptors (Lipinski definition) is 4. The number of carbonyl (C=O) groups excluding carboxylic acids is 1. The average molecular weight is 330 g/mol. The maximum atomic E-state index is 12.5. The van der Waals surface area contributed by atoms with Crippen LogP contribution in [0, 0.1) is 0 Å². The fraction of sp³-hybridized carbons (Fsp3) is 0.353. The van der Waals surface area contributed by atoms with Gasteiger partial charge in [-0.25, -0.2) is 0 Å². The van der Waals surface area contributed by atoms with Gasteiger partial charge >= 0.3 is 5.97 Å². The summed E-state index contributed by atoms with van der Waals surface area (Å²) in [6, 6.07) is 9.10. The molecule has 0 radical (unpaired) electrons. The van der Waals surface area contributed by atoms with E-state index in [0.29, 0.717) is 18.7 Å². The quantitative estimate of drug-likeness (QED) is 0.863. The molecule has 3 rings (SSSR count). The Labute approximate surface area is 137 Å². The second-order valence-corrected chi connectivity index (χ2v) is 5.82. The number of aliphatic carboxylic acids is 1. The number of rotatable bonds is 4. The highest BCUT2D eigenvalue weighted by atomic mass is 16.5. The maximum Gasteiger partial charge on any atom is 0.306 e. The maximum absolute atomic E-state index is 12.5. The molecule has 1 unspecified atom stereocenters. The number of morpholine rings is 1. The van der Waals surface area contributed by atoms with Gasteiger partial charge in [-0.15, -0.1) is 0 Å². The molecule has 1 fully saturated rings. The van der Waals surface area contributed by atoms with Gasteiger partial charge in [0.05, 0.1) is 25.6 Å². The van der Waals surface area contributed by atoms with Gasteiger partial charge in [0.2, 0.25) is 5.91 Å². The van der Waals surface area contributed by atoms with Crippen molar-refractivity contribution in [1.29, 1.82) is 0 Å². The monoisotopic (exact) mass is 330 g/mol. The van der Waals surface area contributed by atoms with Crippen LogP contribution in [-0.4, -0.2) is 52.7 Å². The van der Waals surface area contributed by atoms with Crippen molar-refractivity contribution in [1.82, 2.24) is 9.88 Å². The average Bonchev–Trinajstić information content (AvgIpc) is 2.55. The van der Waals surface area contributed by atoms with Crippen molar-refractivity contribution in [2.75, 3.05) is 19.7 Å². The molecule has 2 aromatic rings. The van der Waals surface area contributed by atoms with Crippen LogP contribution in [0.4, 0.5) is 0 Å². The van der Waals surface area contributed by atoms with E-state index >= 15 is 0 Å². The third-order valence-corrected chi connectivity index (χ3v) is 4.07. The largest absolute Gasteiger partial charge is 0.481 e. The smallest absolute Gasteiger partial charge is 0.306 e. The molecule has 0 aliphatic carbocycles. The lowest BCUT2D eigenvalue weighted by molar-refractivity contribution is -0.147. The second-order valence-electron chi connectivity index (χ2n) is 5.82. The summed E-state index contributed by atoms with van der Waals surface area (Å²) < 4.78 is 5.36. The van der Waals surface area contributed by atoms with Crippen LogP contribution in [0.5, 0.6) is 0 Å². The van der Waals surface area contributed by atoms with Crippen LogP contribution in [0.2, 0.25) is 0 Å². The molecule has 1 aliphatic rings. The Kier molecular flexibility index (Phi) is 4.61. The number of ether oxygens (including phenoxy) is 1. The van der Waals surface area contributed by atoms with E-state index in [1.807, 2.05) is 18.2 Å². The number of benzene rings is 1. The highest BCUT2D eigenvalue weighted by Crippen LogP contribution is 2.13. The topological polar surface area (TPSA) is 99.7 Å². The number of carboxylic acids is 1. The molecule has 2 N–H and O–H groups in total. The lowest BCUT2D eigenvalue weighted by Crippen LogP contribution is -2.47. The van der Waals surface area contributed by atoms with Crippen LogP contribution in [-0.2, 0) is 20.7 Å². The summed E-state index contributed by atoms with van der Waals surface area (Å²) in [6.45, 7) is 0.939. The van der Waals surface area contributed by atoms with Gasteiger partial charge in [-0.2, -0.15) is 0 Å². The van der Waals surface area contributed by atoms with Gasteiger partial charge in [0.15, 0.2) is 0 Å². The first kappa shape index (κ1) is 16.2. The van der Waals surface area contributed by atoms with Crippen LogP contribution >= 0.6 is 0 Å². The summed E-state index contributed by atoms with van der Waals surface area (Å²) >= 11 is 0. The molecule has 0 spiro atoms.